The summed E-state index contributed by atoms with van der Waals surface area (Å²) < 4.78 is 20.4. The van der Waals surface area contributed by atoms with Gasteiger partial charge in [0.2, 0.25) is 0 Å². The Kier molecular flexibility index (Phi) is 14.8. The van der Waals surface area contributed by atoms with Gasteiger partial charge in [-0.25, -0.2) is 4.39 Å². The summed E-state index contributed by atoms with van der Waals surface area (Å²) >= 11 is 0. The Morgan fingerprint density at radius 1 is 0.959 bits per heavy atom. The first-order valence-corrected chi connectivity index (χ1v) is 18.0. The number of rotatable bonds is 4. The van der Waals surface area contributed by atoms with Crippen molar-refractivity contribution in [2.24, 2.45) is 0 Å². The molecule has 2 aromatic carbocycles. The molecule has 8 heteroatoms. The third-order valence-electron chi connectivity index (χ3n) is 8.97. The van der Waals surface area contributed by atoms with Gasteiger partial charge in [0.25, 0.3) is 0 Å². The lowest BCUT2D eigenvalue weighted by Crippen LogP contribution is -2.45. The van der Waals surface area contributed by atoms with Crippen LogP contribution in [-0.2, 0) is 29.0 Å². The zero-order valence-corrected chi connectivity index (χ0v) is 31.5. The zero-order valence-electron chi connectivity index (χ0n) is 31.5. The summed E-state index contributed by atoms with van der Waals surface area (Å²) in [5.41, 5.74) is 7.89. The van der Waals surface area contributed by atoms with Gasteiger partial charge in [-0.3, -0.25) is 14.7 Å². The van der Waals surface area contributed by atoms with Gasteiger partial charge in [0.1, 0.15) is 5.82 Å². The number of hydrogen-bond acceptors (Lipinski definition) is 6. The highest BCUT2D eigenvalue weighted by atomic mass is 19.1. The second-order valence-corrected chi connectivity index (χ2v) is 14.6. The molecule has 0 atom stereocenters. The molecule has 270 valence electrons. The molecule has 1 aromatic heterocycles. The van der Waals surface area contributed by atoms with E-state index in [0.717, 1.165) is 111 Å². The molecule has 0 saturated carbocycles. The second kappa shape index (κ2) is 18.1. The summed E-state index contributed by atoms with van der Waals surface area (Å²) in [6.45, 7) is 22.1. The molecule has 7 nitrogen and oxygen atoms in total. The average molecular weight is 678 g/mol. The molecule has 0 unspecified atom stereocenters. The van der Waals surface area contributed by atoms with E-state index in [0.29, 0.717) is 5.56 Å². The number of carboxylic acids is 1. The molecule has 0 amide bonds. The monoisotopic (exact) mass is 677 g/mol. The normalized spacial score (nSPS) is 16.8. The van der Waals surface area contributed by atoms with Gasteiger partial charge in [-0.15, -0.1) is 0 Å². The number of aromatic nitrogens is 1. The minimum atomic E-state index is -0.845. The van der Waals surface area contributed by atoms with Gasteiger partial charge in [0, 0.05) is 55.3 Å². The lowest BCUT2D eigenvalue weighted by Gasteiger charge is -2.42. The first-order chi connectivity index (χ1) is 23.1. The van der Waals surface area contributed by atoms with Crippen molar-refractivity contribution in [1.82, 2.24) is 9.88 Å². The van der Waals surface area contributed by atoms with E-state index >= 15 is 0 Å². The molecule has 0 radical (unpaired) electrons. The molecule has 4 aliphatic heterocycles. The molecule has 3 aromatic rings. The van der Waals surface area contributed by atoms with Gasteiger partial charge in [0.15, 0.2) is 0 Å². The molecule has 4 bridgehead atoms. The molecule has 4 aliphatic rings. The van der Waals surface area contributed by atoms with Crippen LogP contribution >= 0.6 is 0 Å². The molecule has 0 spiro atoms. The fourth-order valence-electron chi connectivity index (χ4n) is 6.52. The molecule has 5 heterocycles. The second-order valence-electron chi connectivity index (χ2n) is 14.6. The Morgan fingerprint density at radius 3 is 2.18 bits per heavy atom. The highest BCUT2D eigenvalue weighted by Gasteiger charge is 2.33. The predicted octanol–water partition coefficient (Wildman–Crippen LogP) is 8.81. The maximum absolute atomic E-state index is 13.9. The van der Waals surface area contributed by atoms with Gasteiger partial charge in [-0.05, 0) is 115 Å². The Balaban J connectivity index is 0.000000852. The van der Waals surface area contributed by atoms with Crippen LogP contribution in [0.25, 0.3) is 11.1 Å². The number of pyridine rings is 1. The predicted molar refractivity (Wildman–Crippen MR) is 199 cm³/mol. The number of hydrogen-bond donors (Lipinski definition) is 2. The van der Waals surface area contributed by atoms with Crippen molar-refractivity contribution in [1.29, 1.82) is 0 Å². The molecule has 0 aliphatic carbocycles. The van der Waals surface area contributed by atoms with Gasteiger partial charge in [-0.1, -0.05) is 50.2 Å². The van der Waals surface area contributed by atoms with Gasteiger partial charge in [-0.2, -0.15) is 0 Å². The number of ether oxygens (including phenoxy) is 1. The van der Waals surface area contributed by atoms with Crippen molar-refractivity contribution in [3.8, 4) is 11.1 Å². The number of aryl methyl sites for hydroxylation is 3. The number of anilines is 1. The molecule has 49 heavy (non-hydrogen) atoms. The quantitative estimate of drug-likeness (QED) is 0.286. The fourth-order valence-corrected chi connectivity index (χ4v) is 6.52. The lowest BCUT2D eigenvalue weighted by atomic mass is 9.89. The lowest BCUT2D eigenvalue weighted by molar-refractivity contribution is -0.136. The van der Waals surface area contributed by atoms with Gasteiger partial charge in [0.05, 0.1) is 23.3 Å². The van der Waals surface area contributed by atoms with Crippen molar-refractivity contribution < 1.29 is 24.1 Å². The number of carbonyl (C=O) groups is 1. The van der Waals surface area contributed by atoms with E-state index in [-0.39, 0.29) is 17.8 Å². The summed E-state index contributed by atoms with van der Waals surface area (Å²) in [7, 11) is 0. The van der Waals surface area contributed by atoms with E-state index in [2.05, 4.69) is 41.0 Å². The van der Waals surface area contributed by atoms with E-state index in [1.54, 1.807) is 26.8 Å². The highest BCUT2D eigenvalue weighted by molar-refractivity contribution is 5.86. The summed E-state index contributed by atoms with van der Waals surface area (Å²) in [4.78, 5) is 21.6. The van der Waals surface area contributed by atoms with Crippen molar-refractivity contribution >= 4 is 11.7 Å². The topological polar surface area (TPSA) is 86.1 Å². The minimum absolute atomic E-state index is 0.0540. The third kappa shape index (κ3) is 12.2. The minimum Gasteiger partial charge on any atom is -0.481 e. The van der Waals surface area contributed by atoms with Crippen molar-refractivity contribution in [3.05, 3.63) is 81.9 Å². The number of aliphatic carboxylic acids is 1. The number of carboxylic acid groups (broad SMARTS) is 1. The van der Waals surface area contributed by atoms with Crippen LogP contribution in [0, 0.1) is 26.6 Å². The van der Waals surface area contributed by atoms with Crippen LogP contribution in [0.15, 0.2) is 42.5 Å². The zero-order chi connectivity index (χ0) is 36.4. The van der Waals surface area contributed by atoms with Crippen molar-refractivity contribution in [2.45, 2.75) is 125 Å². The Bertz CT molecular complexity index is 1500. The summed E-state index contributed by atoms with van der Waals surface area (Å²) in [6, 6.07) is 14.1. The van der Waals surface area contributed by atoms with E-state index in [1.807, 2.05) is 46.8 Å². The van der Waals surface area contributed by atoms with E-state index < -0.39 is 11.6 Å². The molecule has 7 rings (SSSR count). The number of benzene rings is 2. The number of aliphatic hydroxyl groups is 1. The van der Waals surface area contributed by atoms with Crippen LogP contribution in [0.1, 0.15) is 107 Å². The van der Waals surface area contributed by atoms with Crippen LogP contribution in [0.3, 0.4) is 0 Å². The summed E-state index contributed by atoms with van der Waals surface area (Å²) in [5.74, 6) is -1.01. The smallest absolute Gasteiger partial charge is 0.307 e. The number of nitrogens with zero attached hydrogens (tertiary/aromatic N) is 3. The number of piperidine rings is 1. The van der Waals surface area contributed by atoms with Crippen LogP contribution < -0.4 is 4.90 Å². The largest absolute Gasteiger partial charge is 0.481 e. The Hall–Kier alpha value is -3.33. The van der Waals surface area contributed by atoms with Crippen molar-refractivity contribution in [2.75, 3.05) is 31.1 Å². The molecular formula is C41H60FN3O4. The first kappa shape index (κ1) is 40.1. The van der Waals surface area contributed by atoms with Crippen LogP contribution in [0.5, 0.6) is 0 Å². The fraction of sp³-hybridized carbons (Fsp3) is 0.561. The van der Waals surface area contributed by atoms with E-state index in [1.165, 1.54) is 5.56 Å². The van der Waals surface area contributed by atoms with Gasteiger partial charge < -0.3 is 19.8 Å². The first-order valence-electron chi connectivity index (χ1n) is 18.0. The molecule has 1 saturated heterocycles. The maximum atomic E-state index is 13.9. The van der Waals surface area contributed by atoms with Crippen LogP contribution in [0.2, 0.25) is 0 Å². The number of fused-ring (bicyclic) bond motifs is 2. The van der Waals surface area contributed by atoms with Crippen LogP contribution in [0.4, 0.5) is 10.1 Å². The molecular weight excluding hydrogens is 617 g/mol. The highest BCUT2D eigenvalue weighted by Crippen LogP contribution is 2.41. The Morgan fingerprint density at radius 2 is 1.59 bits per heavy atom. The average Bonchev–Trinajstić information content (AvgIpc) is 3.02. The summed E-state index contributed by atoms with van der Waals surface area (Å²) in [5, 5.41) is 18.3. The summed E-state index contributed by atoms with van der Waals surface area (Å²) in [6.07, 6.45) is 4.93. The van der Waals surface area contributed by atoms with Crippen LogP contribution in [-0.4, -0.2) is 63.5 Å². The van der Waals surface area contributed by atoms with Gasteiger partial charge >= 0.3 is 5.97 Å². The maximum Gasteiger partial charge on any atom is 0.307 e. The van der Waals surface area contributed by atoms with Crippen molar-refractivity contribution in [3.63, 3.8) is 0 Å². The molecule has 2 N–H and O–H groups in total. The Labute approximate surface area is 294 Å². The SMILES string of the molecule is CC.CC(C)(C)O.Cc1cc(CN2CCCCCOC3(C)CCN(CC3)c3c(CC(=O)O)c(C)nc(C)c3-c3ccc(cc3)C2)ccc1F. The third-order valence-corrected chi connectivity index (χ3v) is 8.97. The standard InChI is InChI=1S/C35H44FN3O3.C4H10O.C2H6/c1-24-20-28(10-13-31(24)36)23-38-16-6-5-7-19-42-35(4)14-17-39(18-15-35)34-30(21-32(40)41)25(2)37-26(3)33(34)29-11-8-27(22-38)9-12-29;1-4(2,3)5;1-2/h8-13,20H,5-7,14-19,21-23H2,1-4H3,(H,40,41);5H,1-3H3;1-2H3. The number of halogens is 1. The van der Waals surface area contributed by atoms with E-state index in [9.17, 15) is 14.3 Å². The molecule has 1 fully saturated rings. The van der Waals surface area contributed by atoms with E-state index in [4.69, 9.17) is 14.8 Å².